The van der Waals surface area contributed by atoms with Gasteiger partial charge in [-0.05, 0) is 68.1 Å². The van der Waals surface area contributed by atoms with E-state index in [-0.39, 0.29) is 6.10 Å². The lowest BCUT2D eigenvalue weighted by atomic mass is 9.86. The summed E-state index contributed by atoms with van der Waals surface area (Å²) in [6.45, 7) is 6.08. The molecule has 1 unspecified atom stereocenters. The first-order valence-corrected chi connectivity index (χ1v) is 11.0. The molecule has 4 nitrogen and oxygen atoms in total. The van der Waals surface area contributed by atoms with Crippen molar-refractivity contribution < 1.29 is 4.74 Å². The van der Waals surface area contributed by atoms with E-state index in [9.17, 15) is 0 Å². The van der Waals surface area contributed by atoms with Crippen molar-refractivity contribution in [3.8, 4) is 0 Å². The Balaban J connectivity index is 1.52. The predicted molar refractivity (Wildman–Crippen MR) is 117 cm³/mol. The minimum absolute atomic E-state index is 0.0688. The first-order chi connectivity index (χ1) is 14.2. The van der Waals surface area contributed by atoms with Gasteiger partial charge in [-0.2, -0.15) is 0 Å². The highest BCUT2D eigenvalue weighted by molar-refractivity contribution is 5.86. The van der Waals surface area contributed by atoms with Crippen molar-refractivity contribution in [3.63, 3.8) is 0 Å². The molecule has 1 aromatic carbocycles. The van der Waals surface area contributed by atoms with Crippen molar-refractivity contribution in [1.82, 2.24) is 14.5 Å². The van der Waals surface area contributed by atoms with E-state index >= 15 is 0 Å². The fourth-order valence-corrected chi connectivity index (χ4v) is 4.82. The molecule has 3 aromatic rings. The van der Waals surface area contributed by atoms with Crippen LogP contribution in [0, 0.1) is 12.8 Å². The molecular formula is C25H31N3O. The largest absolute Gasteiger partial charge is 0.371 e. The van der Waals surface area contributed by atoms with Crippen LogP contribution < -0.4 is 0 Å². The number of likely N-dealkylation sites (N-methyl/N-ethyl adjacent to an activating group) is 1. The van der Waals surface area contributed by atoms with Crippen LogP contribution in [-0.4, -0.2) is 34.7 Å². The van der Waals surface area contributed by atoms with E-state index in [4.69, 9.17) is 4.74 Å². The Bertz CT molecular complexity index is 990. The molecule has 3 heterocycles. The van der Waals surface area contributed by atoms with Crippen molar-refractivity contribution >= 4 is 10.9 Å². The third-order valence-electron chi connectivity index (χ3n) is 6.78. The van der Waals surface area contributed by atoms with Crippen molar-refractivity contribution in [2.75, 3.05) is 20.2 Å². The van der Waals surface area contributed by atoms with Gasteiger partial charge in [-0.25, -0.2) is 0 Å². The van der Waals surface area contributed by atoms with Crippen LogP contribution >= 0.6 is 0 Å². The molecule has 1 fully saturated rings. The van der Waals surface area contributed by atoms with Crippen LogP contribution in [0.4, 0.5) is 0 Å². The summed E-state index contributed by atoms with van der Waals surface area (Å²) < 4.78 is 9.08. The minimum Gasteiger partial charge on any atom is -0.371 e. The van der Waals surface area contributed by atoms with Crippen LogP contribution in [0.2, 0.25) is 0 Å². The molecule has 4 heteroatoms. The fourth-order valence-electron chi connectivity index (χ4n) is 4.82. The first kappa shape index (κ1) is 18.8. The van der Waals surface area contributed by atoms with Gasteiger partial charge in [0.2, 0.25) is 0 Å². The molecule has 0 spiro atoms. The summed E-state index contributed by atoms with van der Waals surface area (Å²) in [6.07, 6.45) is 8.93. The standard InChI is InChI=1S/C25H31N3O/c1-18-6-7-23-21(14-18)22-15-27(2)13-10-24(22)28(23)16-25(20-8-11-26-12-9-20)29-17-19-4-3-5-19/h6-9,11-12,14,19,25H,3-5,10,13,15-17H2,1-2H3. The van der Waals surface area contributed by atoms with E-state index in [1.165, 1.54) is 52.5 Å². The number of fused-ring (bicyclic) bond motifs is 3. The molecule has 1 saturated carbocycles. The second-order valence-corrected chi connectivity index (χ2v) is 8.94. The second-order valence-electron chi connectivity index (χ2n) is 8.94. The smallest absolute Gasteiger partial charge is 0.100 e. The minimum atomic E-state index is 0.0688. The Labute approximate surface area is 173 Å². The van der Waals surface area contributed by atoms with Crippen LogP contribution in [-0.2, 0) is 24.2 Å². The van der Waals surface area contributed by atoms with Gasteiger partial charge in [0, 0.05) is 48.5 Å². The molecule has 1 aliphatic carbocycles. The Morgan fingerprint density at radius 2 is 2.00 bits per heavy atom. The van der Waals surface area contributed by atoms with Gasteiger partial charge < -0.3 is 14.2 Å². The molecule has 0 amide bonds. The number of hydrogen-bond donors (Lipinski definition) is 0. The maximum Gasteiger partial charge on any atom is 0.100 e. The molecule has 1 atom stereocenters. The highest BCUT2D eigenvalue weighted by Crippen LogP contribution is 2.34. The maximum absolute atomic E-state index is 6.53. The molecule has 152 valence electrons. The molecule has 5 rings (SSSR count). The van der Waals surface area contributed by atoms with Gasteiger partial charge in [0.15, 0.2) is 0 Å². The van der Waals surface area contributed by atoms with E-state index in [1.807, 2.05) is 12.4 Å². The lowest BCUT2D eigenvalue weighted by Gasteiger charge is -2.29. The Hall–Kier alpha value is -2.17. The van der Waals surface area contributed by atoms with Gasteiger partial charge in [-0.15, -0.1) is 0 Å². The summed E-state index contributed by atoms with van der Waals surface area (Å²) in [5, 5.41) is 1.42. The summed E-state index contributed by atoms with van der Waals surface area (Å²) in [6, 6.07) is 11.1. The summed E-state index contributed by atoms with van der Waals surface area (Å²) >= 11 is 0. The topological polar surface area (TPSA) is 30.3 Å². The molecular weight excluding hydrogens is 358 g/mol. The molecule has 2 aliphatic rings. The number of benzene rings is 1. The summed E-state index contributed by atoms with van der Waals surface area (Å²) in [4.78, 5) is 6.65. The van der Waals surface area contributed by atoms with Crippen LogP contribution in [0.1, 0.15) is 47.8 Å². The number of hydrogen-bond acceptors (Lipinski definition) is 3. The highest BCUT2D eigenvalue weighted by Gasteiger charge is 2.26. The van der Waals surface area contributed by atoms with E-state index < -0.39 is 0 Å². The van der Waals surface area contributed by atoms with Crippen LogP contribution in [0.25, 0.3) is 10.9 Å². The number of aromatic nitrogens is 2. The third-order valence-corrected chi connectivity index (χ3v) is 6.78. The van der Waals surface area contributed by atoms with Gasteiger partial charge >= 0.3 is 0 Å². The molecule has 0 N–H and O–H groups in total. The Morgan fingerprint density at radius 3 is 2.76 bits per heavy atom. The highest BCUT2D eigenvalue weighted by atomic mass is 16.5. The van der Waals surface area contributed by atoms with Crippen molar-refractivity contribution in [2.45, 2.75) is 51.8 Å². The lowest BCUT2D eigenvalue weighted by molar-refractivity contribution is 0.000689. The zero-order valence-corrected chi connectivity index (χ0v) is 17.6. The van der Waals surface area contributed by atoms with Gasteiger partial charge in [-0.3, -0.25) is 4.98 Å². The van der Waals surface area contributed by atoms with E-state index in [0.717, 1.165) is 38.6 Å². The first-order valence-electron chi connectivity index (χ1n) is 11.0. The van der Waals surface area contributed by atoms with Crippen molar-refractivity contribution in [3.05, 3.63) is 65.1 Å². The predicted octanol–water partition coefficient (Wildman–Crippen LogP) is 4.89. The lowest BCUT2D eigenvalue weighted by Crippen LogP contribution is -2.28. The van der Waals surface area contributed by atoms with Gasteiger partial charge in [0.05, 0.1) is 13.2 Å². The molecule has 1 aliphatic heterocycles. The van der Waals surface area contributed by atoms with E-state index in [2.05, 4.69) is 58.8 Å². The number of aryl methyl sites for hydroxylation is 1. The Morgan fingerprint density at radius 1 is 1.17 bits per heavy atom. The summed E-state index contributed by atoms with van der Waals surface area (Å²) in [7, 11) is 2.23. The molecule has 29 heavy (non-hydrogen) atoms. The average molecular weight is 390 g/mol. The summed E-state index contributed by atoms with van der Waals surface area (Å²) in [5.74, 6) is 0.742. The third kappa shape index (κ3) is 3.72. The zero-order valence-electron chi connectivity index (χ0n) is 17.6. The maximum atomic E-state index is 6.53. The number of rotatable bonds is 6. The molecule has 0 bridgehead atoms. The van der Waals surface area contributed by atoms with Gasteiger partial charge in [-0.1, -0.05) is 18.1 Å². The quantitative estimate of drug-likeness (QED) is 0.601. The second kappa shape index (κ2) is 7.92. The van der Waals surface area contributed by atoms with Crippen molar-refractivity contribution in [2.24, 2.45) is 5.92 Å². The molecule has 2 aromatic heterocycles. The summed E-state index contributed by atoms with van der Waals surface area (Å²) in [5.41, 5.74) is 6.91. The number of nitrogens with zero attached hydrogens (tertiary/aromatic N) is 3. The molecule has 0 saturated heterocycles. The monoisotopic (exact) mass is 389 g/mol. The Kier molecular flexibility index (Phi) is 5.15. The van der Waals surface area contributed by atoms with Gasteiger partial charge in [0.25, 0.3) is 0 Å². The van der Waals surface area contributed by atoms with Crippen LogP contribution in [0.3, 0.4) is 0 Å². The van der Waals surface area contributed by atoms with E-state index in [1.54, 1.807) is 0 Å². The molecule has 0 radical (unpaired) electrons. The zero-order chi connectivity index (χ0) is 19.8. The van der Waals surface area contributed by atoms with Crippen molar-refractivity contribution in [1.29, 1.82) is 0 Å². The SMILES string of the molecule is Cc1ccc2c(c1)c1c(n2CC(OCC2CCC2)c2ccncc2)CCN(C)C1. The number of pyridine rings is 1. The van der Waals surface area contributed by atoms with Crippen LogP contribution in [0.5, 0.6) is 0 Å². The van der Waals surface area contributed by atoms with Gasteiger partial charge in [0.1, 0.15) is 6.10 Å². The normalized spacial score (nSPS) is 18.6. The fraction of sp³-hybridized carbons (Fsp3) is 0.480. The number of ether oxygens (including phenoxy) is 1. The average Bonchev–Trinajstić information content (AvgIpc) is 2.99. The van der Waals surface area contributed by atoms with Crippen LogP contribution in [0.15, 0.2) is 42.7 Å². The van der Waals surface area contributed by atoms with E-state index in [0.29, 0.717) is 0 Å².